The van der Waals surface area contributed by atoms with Gasteiger partial charge in [-0.1, -0.05) is 26.7 Å². The van der Waals surface area contributed by atoms with E-state index < -0.39 is 0 Å². The second-order valence-electron chi connectivity index (χ2n) is 3.01. The number of nitrogens with two attached hydrogens (primary N) is 1. The maximum absolute atomic E-state index is 5.51. The fraction of sp³-hybridized carbons (Fsp3) is 0.714. The van der Waals surface area contributed by atoms with Crippen LogP contribution in [-0.4, -0.2) is 6.04 Å². The van der Waals surface area contributed by atoms with Crippen LogP contribution in [0.15, 0.2) is 0 Å². The number of rotatable bonds is 0. The van der Waals surface area contributed by atoms with E-state index in [1.54, 1.807) is 0 Å². The fourth-order valence-electron chi connectivity index (χ4n) is 0.250. The predicted molar refractivity (Wildman–Crippen MR) is 43.5 cm³/mol. The van der Waals surface area contributed by atoms with Gasteiger partial charge in [0.1, 0.15) is 0 Å². The lowest BCUT2D eigenvalue weighted by Gasteiger charge is -2.21. The van der Waals surface area contributed by atoms with E-state index in [1.165, 1.54) is 0 Å². The van der Waals surface area contributed by atoms with Gasteiger partial charge in [-0.15, -0.1) is 18.8 Å². The Hall–Kier alpha value is -0.190. The third kappa shape index (κ3) is 4.32. The molecular weight excluding hydrogens is 134 g/mol. The van der Waals surface area contributed by atoms with Crippen LogP contribution in [0.2, 0.25) is 0 Å². The van der Waals surface area contributed by atoms with Crippen LogP contribution >= 0.6 is 12.4 Å². The standard InChI is InChI=1S/C7H13N.ClH/c1-5-6(8)7(2,3)4;/h1,6H,8H2,2-4H3;1H/t6-;/m1./s1. The van der Waals surface area contributed by atoms with Crippen molar-refractivity contribution in [1.82, 2.24) is 0 Å². The number of hydrogen-bond acceptors (Lipinski definition) is 1. The molecule has 0 radical (unpaired) electrons. The van der Waals surface area contributed by atoms with Crippen LogP contribution < -0.4 is 5.73 Å². The van der Waals surface area contributed by atoms with Crippen molar-refractivity contribution in [3.8, 4) is 12.3 Å². The molecule has 0 fully saturated rings. The molecule has 0 saturated heterocycles. The molecule has 9 heavy (non-hydrogen) atoms. The molecule has 0 unspecified atom stereocenters. The SMILES string of the molecule is C#C[C@@H](N)C(C)(C)C.Cl. The molecule has 0 aromatic heterocycles. The van der Waals surface area contributed by atoms with E-state index in [4.69, 9.17) is 12.2 Å². The molecule has 0 aliphatic carbocycles. The minimum Gasteiger partial charge on any atom is -0.317 e. The largest absolute Gasteiger partial charge is 0.317 e. The van der Waals surface area contributed by atoms with Gasteiger partial charge in [0.05, 0.1) is 6.04 Å². The summed E-state index contributed by atoms with van der Waals surface area (Å²) in [6.07, 6.45) is 5.08. The van der Waals surface area contributed by atoms with Crippen LogP contribution in [0.5, 0.6) is 0 Å². The summed E-state index contributed by atoms with van der Waals surface area (Å²) in [5.74, 6) is 2.48. The van der Waals surface area contributed by atoms with Gasteiger partial charge in [0.25, 0.3) is 0 Å². The lowest BCUT2D eigenvalue weighted by molar-refractivity contribution is 0.375. The number of terminal acetylenes is 1. The van der Waals surface area contributed by atoms with E-state index in [-0.39, 0.29) is 23.9 Å². The highest BCUT2D eigenvalue weighted by Crippen LogP contribution is 2.15. The molecule has 0 aromatic rings. The number of halogens is 1. The van der Waals surface area contributed by atoms with Crippen LogP contribution in [-0.2, 0) is 0 Å². The van der Waals surface area contributed by atoms with Crippen molar-refractivity contribution >= 4 is 12.4 Å². The topological polar surface area (TPSA) is 26.0 Å². The average molecular weight is 148 g/mol. The van der Waals surface area contributed by atoms with Crippen LogP contribution in [0.1, 0.15) is 20.8 Å². The first-order valence-corrected chi connectivity index (χ1v) is 2.70. The Morgan fingerprint density at radius 1 is 1.44 bits per heavy atom. The summed E-state index contributed by atoms with van der Waals surface area (Å²) < 4.78 is 0. The van der Waals surface area contributed by atoms with E-state index in [1.807, 2.05) is 20.8 Å². The van der Waals surface area contributed by atoms with Crippen molar-refractivity contribution in [3.05, 3.63) is 0 Å². The summed E-state index contributed by atoms with van der Waals surface area (Å²) in [7, 11) is 0. The second-order valence-corrected chi connectivity index (χ2v) is 3.01. The molecule has 2 N–H and O–H groups in total. The Balaban J connectivity index is 0. The third-order valence-electron chi connectivity index (χ3n) is 1.11. The summed E-state index contributed by atoms with van der Waals surface area (Å²) in [6, 6.07) is -0.123. The van der Waals surface area contributed by atoms with E-state index in [9.17, 15) is 0 Å². The Morgan fingerprint density at radius 2 is 1.78 bits per heavy atom. The smallest absolute Gasteiger partial charge is 0.0711 e. The molecule has 54 valence electrons. The van der Waals surface area contributed by atoms with Gasteiger partial charge in [-0.25, -0.2) is 0 Å². The lowest BCUT2D eigenvalue weighted by atomic mass is 9.88. The highest BCUT2D eigenvalue weighted by atomic mass is 35.5. The first kappa shape index (κ1) is 11.6. The minimum atomic E-state index is -0.123. The van der Waals surface area contributed by atoms with Gasteiger partial charge in [-0.3, -0.25) is 0 Å². The second kappa shape index (κ2) is 3.76. The first-order chi connectivity index (χ1) is 3.48. The van der Waals surface area contributed by atoms with E-state index in [0.717, 1.165) is 0 Å². The zero-order valence-electron chi connectivity index (χ0n) is 6.14. The Labute approximate surface area is 63.4 Å². The van der Waals surface area contributed by atoms with Crippen molar-refractivity contribution in [2.45, 2.75) is 26.8 Å². The predicted octanol–water partition coefficient (Wildman–Crippen LogP) is 1.41. The monoisotopic (exact) mass is 147 g/mol. The van der Waals surface area contributed by atoms with Crippen molar-refractivity contribution < 1.29 is 0 Å². The third-order valence-corrected chi connectivity index (χ3v) is 1.11. The minimum absolute atomic E-state index is 0. The number of hydrogen-bond donors (Lipinski definition) is 1. The summed E-state index contributed by atoms with van der Waals surface area (Å²) in [5, 5.41) is 0. The molecule has 0 aliphatic rings. The van der Waals surface area contributed by atoms with Gasteiger partial charge in [-0.2, -0.15) is 0 Å². The van der Waals surface area contributed by atoms with Crippen LogP contribution in [0.3, 0.4) is 0 Å². The summed E-state index contributed by atoms with van der Waals surface area (Å²) in [6.45, 7) is 6.08. The molecule has 1 nitrogen and oxygen atoms in total. The van der Waals surface area contributed by atoms with Gasteiger partial charge in [0.15, 0.2) is 0 Å². The molecule has 0 bridgehead atoms. The normalized spacial score (nSPS) is 13.2. The molecule has 0 rings (SSSR count). The van der Waals surface area contributed by atoms with E-state index in [0.29, 0.717) is 0 Å². The quantitative estimate of drug-likeness (QED) is 0.516. The highest BCUT2D eigenvalue weighted by Gasteiger charge is 2.17. The Bertz CT molecular complexity index is 107. The molecule has 2 heteroatoms. The molecule has 0 saturated carbocycles. The van der Waals surface area contributed by atoms with Crippen molar-refractivity contribution in [3.63, 3.8) is 0 Å². The van der Waals surface area contributed by atoms with Crippen LogP contribution in [0, 0.1) is 17.8 Å². The first-order valence-electron chi connectivity index (χ1n) is 2.70. The summed E-state index contributed by atoms with van der Waals surface area (Å²) in [5.41, 5.74) is 5.56. The zero-order chi connectivity index (χ0) is 6.78. The zero-order valence-corrected chi connectivity index (χ0v) is 6.96. The molecule has 0 amide bonds. The molecule has 0 aromatic carbocycles. The average Bonchev–Trinajstić information content (AvgIpc) is 1.62. The van der Waals surface area contributed by atoms with E-state index in [2.05, 4.69) is 5.92 Å². The van der Waals surface area contributed by atoms with Crippen molar-refractivity contribution in [1.29, 1.82) is 0 Å². The Kier molecular flexibility index (Phi) is 4.85. The molecule has 0 aliphatic heterocycles. The highest BCUT2D eigenvalue weighted by molar-refractivity contribution is 5.85. The van der Waals surface area contributed by atoms with Gasteiger partial charge >= 0.3 is 0 Å². The van der Waals surface area contributed by atoms with Gasteiger partial charge in [0, 0.05) is 0 Å². The molecule has 1 atom stereocenters. The van der Waals surface area contributed by atoms with Gasteiger partial charge in [-0.05, 0) is 5.41 Å². The molecule has 0 spiro atoms. The maximum Gasteiger partial charge on any atom is 0.0711 e. The fourth-order valence-corrected chi connectivity index (χ4v) is 0.250. The lowest BCUT2D eigenvalue weighted by Crippen LogP contribution is -2.33. The van der Waals surface area contributed by atoms with Crippen LogP contribution in [0.4, 0.5) is 0 Å². The van der Waals surface area contributed by atoms with Crippen molar-refractivity contribution in [2.24, 2.45) is 11.1 Å². The van der Waals surface area contributed by atoms with E-state index >= 15 is 0 Å². The molecule has 0 heterocycles. The Morgan fingerprint density at radius 3 is 1.78 bits per heavy atom. The van der Waals surface area contributed by atoms with Gasteiger partial charge in [0.2, 0.25) is 0 Å². The maximum atomic E-state index is 5.51. The summed E-state index contributed by atoms with van der Waals surface area (Å²) in [4.78, 5) is 0. The summed E-state index contributed by atoms with van der Waals surface area (Å²) >= 11 is 0. The molecular formula is C7H14ClN. The van der Waals surface area contributed by atoms with Crippen LogP contribution in [0.25, 0.3) is 0 Å². The van der Waals surface area contributed by atoms with Gasteiger partial charge < -0.3 is 5.73 Å². The van der Waals surface area contributed by atoms with Crippen molar-refractivity contribution in [2.75, 3.05) is 0 Å².